The highest BCUT2D eigenvalue weighted by Crippen LogP contribution is 2.39. The zero-order chi connectivity index (χ0) is 27.6. The topological polar surface area (TPSA) is 98.5 Å². The van der Waals surface area contributed by atoms with Crippen LogP contribution in [0.25, 0.3) is 21.7 Å². The number of benzene rings is 2. The van der Waals surface area contributed by atoms with Gasteiger partial charge >= 0.3 is 0 Å². The van der Waals surface area contributed by atoms with Crippen molar-refractivity contribution in [3.63, 3.8) is 0 Å². The summed E-state index contributed by atoms with van der Waals surface area (Å²) in [6.45, 7) is 7.63. The summed E-state index contributed by atoms with van der Waals surface area (Å²) in [7, 11) is -3.63. The van der Waals surface area contributed by atoms with Gasteiger partial charge in [-0.15, -0.1) is 11.3 Å². The van der Waals surface area contributed by atoms with Gasteiger partial charge in [0.1, 0.15) is 23.8 Å². The van der Waals surface area contributed by atoms with Crippen LogP contribution in [0, 0.1) is 6.92 Å². The van der Waals surface area contributed by atoms with Crippen LogP contribution < -0.4 is 9.46 Å². The highest BCUT2D eigenvalue weighted by molar-refractivity contribution is 7.90. The van der Waals surface area contributed by atoms with E-state index < -0.39 is 15.9 Å². The maximum atomic E-state index is 12.3. The summed E-state index contributed by atoms with van der Waals surface area (Å²) in [5.74, 6) is 0.598. The van der Waals surface area contributed by atoms with Crippen molar-refractivity contribution in [3.8, 4) is 27.4 Å². The van der Waals surface area contributed by atoms with E-state index in [9.17, 15) is 13.2 Å². The van der Waals surface area contributed by atoms with E-state index in [1.807, 2.05) is 39.0 Å². The first-order valence-corrected chi connectivity index (χ1v) is 15.0. The molecule has 0 unspecified atom stereocenters. The van der Waals surface area contributed by atoms with Crippen LogP contribution in [0.3, 0.4) is 0 Å². The van der Waals surface area contributed by atoms with Crippen molar-refractivity contribution < 1.29 is 22.5 Å². The lowest BCUT2D eigenvalue weighted by molar-refractivity contribution is 0.0985. The fraction of sp³-hybridized carbons (Fsp3) is 0.259. The van der Waals surface area contributed by atoms with E-state index in [4.69, 9.17) is 32.5 Å². The maximum Gasteiger partial charge on any atom is 0.274 e. The predicted octanol–water partition coefficient (Wildman–Crippen LogP) is 7.47. The van der Waals surface area contributed by atoms with Gasteiger partial charge in [-0.1, -0.05) is 48.3 Å². The van der Waals surface area contributed by atoms with E-state index in [0.717, 1.165) is 21.6 Å². The van der Waals surface area contributed by atoms with Crippen LogP contribution in [0.5, 0.6) is 5.75 Å². The van der Waals surface area contributed by atoms with Gasteiger partial charge in [0.05, 0.1) is 26.2 Å². The molecular weight excluding hydrogens is 567 g/mol. The Morgan fingerprint density at radius 1 is 1.13 bits per heavy atom. The molecule has 0 atom stereocenters. The number of aromatic nitrogens is 1. The Hall–Kier alpha value is -2.85. The van der Waals surface area contributed by atoms with E-state index in [0.29, 0.717) is 37.7 Å². The Morgan fingerprint density at radius 3 is 2.47 bits per heavy atom. The van der Waals surface area contributed by atoms with Gasteiger partial charge in [0.25, 0.3) is 5.91 Å². The molecule has 0 saturated carbocycles. The van der Waals surface area contributed by atoms with Crippen LogP contribution in [0.1, 0.15) is 53.2 Å². The highest BCUT2D eigenvalue weighted by Gasteiger charge is 2.24. The molecule has 0 bridgehead atoms. The summed E-state index contributed by atoms with van der Waals surface area (Å²) in [6.07, 6.45) is 0. The first-order chi connectivity index (χ1) is 18.0. The number of hydrogen-bond acceptors (Lipinski definition) is 7. The molecule has 0 radical (unpaired) electrons. The summed E-state index contributed by atoms with van der Waals surface area (Å²) in [5.41, 5.74) is 3.76. The minimum absolute atomic E-state index is 0.0674. The van der Waals surface area contributed by atoms with E-state index in [-0.39, 0.29) is 18.3 Å². The van der Waals surface area contributed by atoms with Crippen molar-refractivity contribution in [2.75, 3.05) is 5.75 Å². The van der Waals surface area contributed by atoms with Crippen LogP contribution >= 0.6 is 34.5 Å². The second kappa shape index (κ2) is 11.5. The van der Waals surface area contributed by atoms with Crippen LogP contribution in [0.4, 0.5) is 0 Å². The van der Waals surface area contributed by atoms with Gasteiger partial charge in [0.15, 0.2) is 0 Å². The van der Waals surface area contributed by atoms with Crippen molar-refractivity contribution in [1.29, 1.82) is 0 Å². The maximum absolute atomic E-state index is 12.3. The minimum atomic E-state index is -3.63. The SMILES string of the molecule is CCS(=O)(=O)NC(=O)c1ccc(-c2ccc(OCc3c(-c4c(Cl)cccc4Cl)noc3C(C)C)cc2C)s1. The van der Waals surface area contributed by atoms with Crippen LogP contribution in [-0.4, -0.2) is 25.2 Å². The number of carbonyl (C=O) groups is 1. The van der Waals surface area contributed by atoms with Crippen LogP contribution in [0.2, 0.25) is 10.0 Å². The quantitative estimate of drug-likeness (QED) is 0.216. The third-order valence-electron chi connectivity index (χ3n) is 5.85. The van der Waals surface area contributed by atoms with Crippen molar-refractivity contribution >= 4 is 50.5 Å². The smallest absolute Gasteiger partial charge is 0.274 e. The van der Waals surface area contributed by atoms with Gasteiger partial charge in [-0.3, -0.25) is 4.79 Å². The average molecular weight is 594 g/mol. The Bertz CT molecular complexity index is 1570. The van der Waals surface area contributed by atoms with Crippen molar-refractivity contribution in [3.05, 3.63) is 80.3 Å². The molecule has 0 aliphatic rings. The molecule has 2 heterocycles. The Kier molecular flexibility index (Phi) is 8.52. The average Bonchev–Trinajstić information content (AvgIpc) is 3.50. The third kappa shape index (κ3) is 6.07. The molecule has 0 saturated heterocycles. The van der Waals surface area contributed by atoms with Crippen molar-refractivity contribution in [1.82, 2.24) is 9.88 Å². The lowest BCUT2D eigenvalue weighted by Gasteiger charge is -2.12. The summed E-state index contributed by atoms with van der Waals surface area (Å²) in [5, 5.41) is 5.21. The number of halogens is 2. The number of rotatable bonds is 9. The number of sulfonamides is 1. The Labute approximate surface area is 235 Å². The molecule has 0 aliphatic carbocycles. The Morgan fingerprint density at radius 2 is 1.84 bits per heavy atom. The molecule has 0 fully saturated rings. The van der Waals surface area contributed by atoms with Gasteiger partial charge < -0.3 is 9.26 Å². The number of nitrogens with one attached hydrogen (secondary N) is 1. The zero-order valence-corrected chi connectivity index (χ0v) is 24.3. The number of carbonyl (C=O) groups excluding carboxylic acids is 1. The third-order valence-corrected chi connectivity index (χ3v) is 8.85. The molecule has 1 amide bonds. The molecule has 4 rings (SSSR count). The van der Waals surface area contributed by atoms with Crippen molar-refractivity contribution in [2.24, 2.45) is 0 Å². The minimum Gasteiger partial charge on any atom is -0.489 e. The zero-order valence-electron chi connectivity index (χ0n) is 21.2. The number of thiophene rings is 1. The van der Waals surface area contributed by atoms with Gasteiger partial charge in [-0.05, 0) is 67.4 Å². The van der Waals surface area contributed by atoms with E-state index in [1.54, 1.807) is 30.3 Å². The van der Waals surface area contributed by atoms with Gasteiger partial charge in [0.2, 0.25) is 10.0 Å². The normalized spacial score (nSPS) is 11.7. The number of amides is 1. The number of hydrogen-bond donors (Lipinski definition) is 1. The van der Waals surface area contributed by atoms with Gasteiger partial charge in [-0.25, -0.2) is 13.1 Å². The van der Waals surface area contributed by atoms with E-state index in [2.05, 4.69) is 9.88 Å². The summed E-state index contributed by atoms with van der Waals surface area (Å²) in [6, 6.07) is 14.3. The molecule has 2 aromatic carbocycles. The lowest BCUT2D eigenvalue weighted by Crippen LogP contribution is -2.31. The number of nitrogens with zero attached hydrogens (tertiary/aromatic N) is 1. The molecule has 11 heteroatoms. The second-order valence-corrected chi connectivity index (χ2v) is 12.8. The lowest BCUT2D eigenvalue weighted by atomic mass is 10.0. The molecule has 1 N–H and O–H groups in total. The van der Waals surface area contributed by atoms with E-state index >= 15 is 0 Å². The van der Waals surface area contributed by atoms with Crippen LogP contribution in [0.15, 0.2) is 53.1 Å². The molecule has 38 heavy (non-hydrogen) atoms. The summed E-state index contributed by atoms with van der Waals surface area (Å²) in [4.78, 5) is 13.5. The predicted molar refractivity (Wildman–Crippen MR) is 152 cm³/mol. The Balaban J connectivity index is 1.56. The number of aryl methyl sites for hydroxylation is 1. The summed E-state index contributed by atoms with van der Waals surface area (Å²) >= 11 is 14.1. The molecule has 7 nitrogen and oxygen atoms in total. The van der Waals surface area contributed by atoms with Crippen LogP contribution in [-0.2, 0) is 16.6 Å². The molecular formula is C27H26Cl2N2O5S2. The fourth-order valence-electron chi connectivity index (χ4n) is 3.86. The van der Waals surface area contributed by atoms with Gasteiger partial charge in [0, 0.05) is 16.4 Å². The standard InChI is InChI=1S/C27H26Cl2N2O5S2/c1-5-38(33,34)31-27(32)23-12-11-22(37-23)18-10-9-17(13-16(18)4)35-14-19-25(30-36-26(19)15(2)3)24-20(28)7-6-8-21(24)29/h6-13,15H,5,14H2,1-4H3,(H,31,32). The van der Waals surface area contributed by atoms with Crippen molar-refractivity contribution in [2.45, 2.75) is 40.2 Å². The molecule has 200 valence electrons. The molecule has 4 aromatic rings. The second-order valence-electron chi connectivity index (χ2n) is 8.89. The summed E-state index contributed by atoms with van der Waals surface area (Å²) < 4.78 is 37.3. The monoisotopic (exact) mass is 592 g/mol. The first kappa shape index (κ1) is 28.2. The largest absolute Gasteiger partial charge is 0.489 e. The first-order valence-electron chi connectivity index (χ1n) is 11.8. The highest BCUT2D eigenvalue weighted by atomic mass is 35.5. The number of ether oxygens (including phenoxy) is 1. The van der Waals surface area contributed by atoms with E-state index in [1.165, 1.54) is 18.3 Å². The molecule has 2 aromatic heterocycles. The molecule has 0 aliphatic heterocycles. The fourth-order valence-corrected chi connectivity index (χ4v) is 6.03. The van der Waals surface area contributed by atoms with Gasteiger partial charge in [-0.2, -0.15) is 0 Å². The molecule has 0 spiro atoms.